The quantitative estimate of drug-likeness (QED) is 0.770. The molecule has 3 aromatic rings. The number of hydrogen-bond donors (Lipinski definition) is 1. The van der Waals surface area contributed by atoms with E-state index in [1.165, 1.54) is 0 Å². The maximum atomic E-state index is 12.4. The summed E-state index contributed by atoms with van der Waals surface area (Å²) in [7, 11) is 1.96. The number of hydrogen-bond acceptors (Lipinski definition) is 4. The second-order valence-electron chi connectivity index (χ2n) is 6.87. The van der Waals surface area contributed by atoms with Gasteiger partial charge in [-0.2, -0.15) is 4.98 Å². The Morgan fingerprint density at radius 2 is 1.96 bits per heavy atom. The Bertz CT molecular complexity index is 894. The first kappa shape index (κ1) is 17.3. The first-order chi connectivity index (χ1) is 13.2. The molecule has 2 amide bonds. The molecule has 0 saturated carbocycles. The minimum Gasteiger partial charge on any atom is -0.348 e. The van der Waals surface area contributed by atoms with Crippen LogP contribution in [0.1, 0.15) is 30.2 Å². The number of aromatic nitrogens is 3. The molecule has 1 aliphatic rings. The lowest BCUT2D eigenvalue weighted by Gasteiger charge is -2.30. The van der Waals surface area contributed by atoms with E-state index in [0.29, 0.717) is 31.3 Å². The van der Waals surface area contributed by atoms with Crippen LogP contribution in [0.4, 0.5) is 4.79 Å². The standard InChI is InChI=1S/C20H23N5O2/c1-24-11-5-8-17(24)18-22-19(27-23-18)16-9-12-25(13-10-16)20(26)21-14-15-6-3-2-4-7-15/h2-8,11,16H,9-10,12-14H2,1H3,(H,21,26). The van der Waals surface area contributed by atoms with Crippen LogP contribution in [0.2, 0.25) is 0 Å². The smallest absolute Gasteiger partial charge is 0.317 e. The number of carbonyl (C=O) groups is 1. The van der Waals surface area contributed by atoms with E-state index in [1.807, 2.05) is 65.2 Å². The van der Waals surface area contributed by atoms with E-state index in [4.69, 9.17) is 4.52 Å². The molecule has 1 aromatic carbocycles. The Labute approximate surface area is 158 Å². The van der Waals surface area contributed by atoms with Crippen LogP contribution in [0.3, 0.4) is 0 Å². The molecule has 7 heteroatoms. The SMILES string of the molecule is Cn1cccc1-c1noc(C2CCN(C(=O)NCc3ccccc3)CC2)n1. The number of nitrogens with zero attached hydrogens (tertiary/aromatic N) is 4. The molecule has 7 nitrogen and oxygen atoms in total. The van der Waals surface area contributed by atoms with Crippen molar-refractivity contribution in [3.05, 3.63) is 60.1 Å². The van der Waals surface area contributed by atoms with Crippen LogP contribution >= 0.6 is 0 Å². The third kappa shape index (κ3) is 3.86. The predicted octanol–water partition coefficient (Wildman–Crippen LogP) is 3.16. The molecule has 0 bridgehead atoms. The van der Waals surface area contributed by atoms with E-state index < -0.39 is 0 Å². The molecule has 2 aromatic heterocycles. The number of piperidine rings is 1. The van der Waals surface area contributed by atoms with Crippen molar-refractivity contribution in [1.29, 1.82) is 0 Å². The summed E-state index contributed by atoms with van der Waals surface area (Å²) >= 11 is 0. The summed E-state index contributed by atoms with van der Waals surface area (Å²) in [6, 6.07) is 13.8. The lowest BCUT2D eigenvalue weighted by atomic mass is 9.97. The zero-order chi connectivity index (χ0) is 18.6. The monoisotopic (exact) mass is 365 g/mol. The molecule has 1 saturated heterocycles. The largest absolute Gasteiger partial charge is 0.348 e. The number of likely N-dealkylation sites (tertiary alicyclic amines) is 1. The van der Waals surface area contributed by atoms with Gasteiger partial charge in [-0.05, 0) is 30.5 Å². The molecular formula is C20H23N5O2. The second-order valence-corrected chi connectivity index (χ2v) is 6.87. The Morgan fingerprint density at radius 3 is 2.67 bits per heavy atom. The maximum absolute atomic E-state index is 12.4. The molecule has 0 atom stereocenters. The molecule has 1 N–H and O–H groups in total. The molecule has 1 aliphatic heterocycles. The molecule has 0 spiro atoms. The van der Waals surface area contributed by atoms with E-state index in [0.717, 1.165) is 24.1 Å². The molecule has 1 fully saturated rings. The number of rotatable bonds is 4. The van der Waals surface area contributed by atoms with E-state index >= 15 is 0 Å². The van der Waals surface area contributed by atoms with Gasteiger partial charge in [0.2, 0.25) is 11.7 Å². The van der Waals surface area contributed by atoms with E-state index in [1.54, 1.807) is 0 Å². The number of nitrogens with one attached hydrogen (secondary N) is 1. The van der Waals surface area contributed by atoms with Gasteiger partial charge in [-0.15, -0.1) is 0 Å². The Morgan fingerprint density at radius 1 is 1.19 bits per heavy atom. The lowest BCUT2D eigenvalue weighted by molar-refractivity contribution is 0.175. The van der Waals surface area contributed by atoms with Crippen LogP contribution in [0.25, 0.3) is 11.5 Å². The first-order valence-corrected chi connectivity index (χ1v) is 9.23. The average molecular weight is 365 g/mol. The van der Waals surface area contributed by atoms with Crippen molar-refractivity contribution < 1.29 is 9.32 Å². The average Bonchev–Trinajstić information content (AvgIpc) is 3.36. The van der Waals surface area contributed by atoms with Gasteiger partial charge in [-0.1, -0.05) is 35.5 Å². The van der Waals surface area contributed by atoms with Crippen molar-refractivity contribution in [2.75, 3.05) is 13.1 Å². The van der Waals surface area contributed by atoms with Gasteiger partial charge in [0.1, 0.15) is 0 Å². The topological polar surface area (TPSA) is 76.2 Å². The highest BCUT2D eigenvalue weighted by Gasteiger charge is 2.27. The molecular weight excluding hydrogens is 342 g/mol. The number of carbonyl (C=O) groups excluding carboxylic acids is 1. The fourth-order valence-electron chi connectivity index (χ4n) is 3.41. The van der Waals surface area contributed by atoms with Crippen molar-refractivity contribution in [3.8, 4) is 11.5 Å². The summed E-state index contributed by atoms with van der Waals surface area (Å²) < 4.78 is 7.46. The number of benzene rings is 1. The van der Waals surface area contributed by atoms with Crippen LogP contribution in [0.5, 0.6) is 0 Å². The summed E-state index contributed by atoms with van der Waals surface area (Å²) in [5, 5.41) is 7.10. The minimum atomic E-state index is -0.0210. The van der Waals surface area contributed by atoms with E-state index in [-0.39, 0.29) is 11.9 Å². The molecule has 0 aliphatic carbocycles. The Balaban J connectivity index is 1.30. The fraction of sp³-hybridized carbons (Fsp3) is 0.350. The summed E-state index contributed by atoms with van der Waals surface area (Å²) in [6.45, 7) is 1.92. The van der Waals surface area contributed by atoms with Crippen LogP contribution in [-0.4, -0.2) is 38.7 Å². The predicted molar refractivity (Wildman–Crippen MR) is 101 cm³/mol. The van der Waals surface area contributed by atoms with Crippen molar-refractivity contribution in [2.24, 2.45) is 7.05 Å². The highest BCUT2D eigenvalue weighted by molar-refractivity contribution is 5.74. The number of amides is 2. The van der Waals surface area contributed by atoms with Gasteiger partial charge in [-0.3, -0.25) is 0 Å². The number of urea groups is 1. The van der Waals surface area contributed by atoms with Crippen molar-refractivity contribution in [1.82, 2.24) is 24.9 Å². The highest BCUT2D eigenvalue weighted by Crippen LogP contribution is 2.28. The molecule has 4 rings (SSSR count). The van der Waals surface area contributed by atoms with Crippen LogP contribution in [0.15, 0.2) is 53.2 Å². The first-order valence-electron chi connectivity index (χ1n) is 9.23. The highest BCUT2D eigenvalue weighted by atomic mass is 16.5. The van der Waals surface area contributed by atoms with Gasteiger partial charge in [0.25, 0.3) is 0 Å². The summed E-state index contributed by atoms with van der Waals surface area (Å²) in [6.07, 6.45) is 3.61. The molecule has 140 valence electrons. The van der Waals surface area contributed by atoms with Crippen molar-refractivity contribution >= 4 is 6.03 Å². The summed E-state index contributed by atoms with van der Waals surface area (Å²) in [4.78, 5) is 18.8. The van der Waals surface area contributed by atoms with Crippen LogP contribution in [0, 0.1) is 0 Å². The maximum Gasteiger partial charge on any atom is 0.317 e. The summed E-state index contributed by atoms with van der Waals surface area (Å²) in [5.41, 5.74) is 2.03. The zero-order valence-electron chi connectivity index (χ0n) is 15.3. The van der Waals surface area contributed by atoms with Crippen molar-refractivity contribution in [3.63, 3.8) is 0 Å². The molecule has 27 heavy (non-hydrogen) atoms. The Hall–Kier alpha value is -3.09. The van der Waals surface area contributed by atoms with E-state index in [2.05, 4.69) is 15.5 Å². The lowest BCUT2D eigenvalue weighted by Crippen LogP contribution is -2.43. The molecule has 3 heterocycles. The van der Waals surface area contributed by atoms with Gasteiger partial charge < -0.3 is 19.3 Å². The van der Waals surface area contributed by atoms with E-state index in [9.17, 15) is 4.79 Å². The van der Waals surface area contributed by atoms with Gasteiger partial charge >= 0.3 is 6.03 Å². The summed E-state index contributed by atoms with van der Waals surface area (Å²) in [5.74, 6) is 1.47. The van der Waals surface area contributed by atoms with Gasteiger partial charge in [0.05, 0.1) is 5.69 Å². The third-order valence-electron chi connectivity index (χ3n) is 5.03. The van der Waals surface area contributed by atoms with Crippen LogP contribution in [-0.2, 0) is 13.6 Å². The van der Waals surface area contributed by atoms with Crippen molar-refractivity contribution in [2.45, 2.75) is 25.3 Å². The van der Waals surface area contributed by atoms with Gasteiger partial charge in [0.15, 0.2) is 0 Å². The van der Waals surface area contributed by atoms with Gasteiger partial charge in [0, 0.05) is 38.8 Å². The minimum absolute atomic E-state index is 0.0210. The zero-order valence-corrected chi connectivity index (χ0v) is 15.3. The molecule has 0 unspecified atom stereocenters. The Kier molecular flexibility index (Phi) is 4.91. The third-order valence-corrected chi connectivity index (χ3v) is 5.03. The fourth-order valence-corrected chi connectivity index (χ4v) is 3.41. The normalized spacial score (nSPS) is 15.1. The molecule has 0 radical (unpaired) electrons. The van der Waals surface area contributed by atoms with Crippen LogP contribution < -0.4 is 5.32 Å². The number of aryl methyl sites for hydroxylation is 1. The van der Waals surface area contributed by atoms with Gasteiger partial charge in [-0.25, -0.2) is 4.79 Å². The second kappa shape index (κ2) is 7.65.